The van der Waals surface area contributed by atoms with Crippen LogP contribution in [0.15, 0.2) is 65.8 Å². The van der Waals surface area contributed by atoms with Gasteiger partial charge in [-0.1, -0.05) is 23.2 Å². The third-order valence-electron chi connectivity index (χ3n) is 4.35. The molecular weight excluding hydrogens is 467 g/mol. The molecule has 0 fully saturated rings. The van der Waals surface area contributed by atoms with Crippen molar-refractivity contribution in [1.82, 2.24) is 5.43 Å². The van der Waals surface area contributed by atoms with Gasteiger partial charge in [0.2, 0.25) is 0 Å². The van der Waals surface area contributed by atoms with Gasteiger partial charge < -0.3 is 14.2 Å². The van der Waals surface area contributed by atoms with Crippen molar-refractivity contribution in [3.63, 3.8) is 0 Å². The number of esters is 1. The Kier molecular flexibility index (Phi) is 8.29. The quantitative estimate of drug-likeness (QED) is 0.200. The summed E-state index contributed by atoms with van der Waals surface area (Å²) in [6.07, 6.45) is 1.44. The summed E-state index contributed by atoms with van der Waals surface area (Å²) in [6, 6.07) is 16.0. The molecule has 0 aliphatic rings. The molecule has 3 aromatic carbocycles. The zero-order valence-electron chi connectivity index (χ0n) is 17.8. The summed E-state index contributed by atoms with van der Waals surface area (Å²) < 4.78 is 16.1. The first-order chi connectivity index (χ1) is 15.9. The monoisotopic (exact) mass is 486 g/mol. The number of nitrogens with one attached hydrogen (secondary N) is 1. The van der Waals surface area contributed by atoms with Crippen LogP contribution in [0.3, 0.4) is 0 Å². The third-order valence-corrected chi connectivity index (χ3v) is 5.09. The number of carbonyl (C=O) groups is 2. The third kappa shape index (κ3) is 6.47. The van der Waals surface area contributed by atoms with Crippen LogP contribution in [0.25, 0.3) is 0 Å². The predicted octanol–water partition coefficient (Wildman–Crippen LogP) is 5.38. The standard InChI is InChI=1S/C24H20Cl2N2O5/c1-3-32-18-8-5-16(6-9-18)23(29)28-27-14-15-4-11-21(22(12-15)31-2)33-24(30)17-7-10-19(25)20(26)13-17/h4-14H,3H2,1-2H3,(H,28,29)/b27-14-. The highest BCUT2D eigenvalue weighted by molar-refractivity contribution is 6.42. The van der Waals surface area contributed by atoms with Crippen LogP contribution in [0, 0.1) is 0 Å². The van der Waals surface area contributed by atoms with E-state index in [1.54, 1.807) is 42.5 Å². The second-order valence-electron chi connectivity index (χ2n) is 6.59. The van der Waals surface area contributed by atoms with Crippen molar-refractivity contribution in [1.29, 1.82) is 0 Å². The molecule has 1 N–H and O–H groups in total. The maximum atomic E-state index is 12.4. The molecule has 170 valence electrons. The summed E-state index contributed by atoms with van der Waals surface area (Å²) in [7, 11) is 1.44. The zero-order valence-corrected chi connectivity index (χ0v) is 19.3. The number of amides is 1. The van der Waals surface area contributed by atoms with E-state index in [2.05, 4.69) is 10.5 Å². The first-order valence-corrected chi connectivity index (χ1v) is 10.6. The first kappa shape index (κ1) is 24.1. The second-order valence-corrected chi connectivity index (χ2v) is 7.40. The van der Waals surface area contributed by atoms with Crippen molar-refractivity contribution < 1.29 is 23.8 Å². The Bertz CT molecular complexity index is 1180. The van der Waals surface area contributed by atoms with Gasteiger partial charge in [-0.05, 0) is 73.2 Å². The highest BCUT2D eigenvalue weighted by Gasteiger charge is 2.14. The van der Waals surface area contributed by atoms with Crippen LogP contribution in [-0.4, -0.2) is 31.8 Å². The Balaban J connectivity index is 1.65. The fourth-order valence-corrected chi connectivity index (χ4v) is 3.03. The fraction of sp³-hybridized carbons (Fsp3) is 0.125. The van der Waals surface area contributed by atoms with E-state index in [0.717, 1.165) is 0 Å². The van der Waals surface area contributed by atoms with Gasteiger partial charge in [-0.3, -0.25) is 4.79 Å². The Labute approximate surface area is 200 Å². The molecule has 7 nitrogen and oxygen atoms in total. The SMILES string of the molecule is CCOc1ccc(C(=O)N/N=C\c2ccc(OC(=O)c3ccc(Cl)c(Cl)c3)c(OC)c2)cc1. The molecule has 9 heteroatoms. The smallest absolute Gasteiger partial charge is 0.343 e. The molecule has 1 amide bonds. The van der Waals surface area contributed by atoms with Gasteiger partial charge in [-0.15, -0.1) is 0 Å². The number of ether oxygens (including phenoxy) is 3. The number of carbonyl (C=O) groups excluding carboxylic acids is 2. The molecule has 0 radical (unpaired) electrons. The average Bonchev–Trinajstić information content (AvgIpc) is 2.82. The van der Waals surface area contributed by atoms with Gasteiger partial charge in [0, 0.05) is 5.56 Å². The van der Waals surface area contributed by atoms with Crippen LogP contribution in [0.4, 0.5) is 0 Å². The number of hydrazone groups is 1. The lowest BCUT2D eigenvalue weighted by atomic mass is 10.2. The molecule has 0 heterocycles. The highest BCUT2D eigenvalue weighted by Crippen LogP contribution is 2.29. The number of hydrogen-bond donors (Lipinski definition) is 1. The largest absolute Gasteiger partial charge is 0.494 e. The minimum absolute atomic E-state index is 0.212. The molecule has 0 aromatic heterocycles. The van der Waals surface area contributed by atoms with Crippen molar-refractivity contribution >= 4 is 41.3 Å². The molecule has 3 rings (SSSR count). The van der Waals surface area contributed by atoms with E-state index in [1.807, 2.05) is 6.92 Å². The van der Waals surface area contributed by atoms with Crippen LogP contribution in [0.1, 0.15) is 33.2 Å². The predicted molar refractivity (Wildman–Crippen MR) is 127 cm³/mol. The molecule has 0 saturated carbocycles. The Morgan fingerprint density at radius 3 is 2.33 bits per heavy atom. The molecule has 3 aromatic rings. The summed E-state index contributed by atoms with van der Waals surface area (Å²) in [5.41, 5.74) is 3.76. The van der Waals surface area contributed by atoms with Gasteiger partial charge in [-0.25, -0.2) is 10.2 Å². The van der Waals surface area contributed by atoms with E-state index in [9.17, 15) is 9.59 Å². The van der Waals surface area contributed by atoms with Crippen LogP contribution < -0.4 is 19.6 Å². The minimum atomic E-state index is -0.615. The van der Waals surface area contributed by atoms with E-state index in [1.165, 1.54) is 31.5 Å². The number of nitrogens with zero attached hydrogens (tertiary/aromatic N) is 1. The summed E-state index contributed by atoms with van der Waals surface area (Å²) in [6.45, 7) is 2.43. The van der Waals surface area contributed by atoms with Gasteiger partial charge in [-0.2, -0.15) is 5.10 Å². The first-order valence-electron chi connectivity index (χ1n) is 9.82. The van der Waals surface area contributed by atoms with E-state index in [4.69, 9.17) is 37.4 Å². The van der Waals surface area contributed by atoms with Crippen molar-refractivity contribution in [3.05, 3.63) is 87.4 Å². The Hall–Kier alpha value is -3.55. The minimum Gasteiger partial charge on any atom is -0.494 e. The van der Waals surface area contributed by atoms with Gasteiger partial charge in [0.25, 0.3) is 5.91 Å². The van der Waals surface area contributed by atoms with Crippen molar-refractivity contribution in [2.45, 2.75) is 6.92 Å². The van der Waals surface area contributed by atoms with Gasteiger partial charge in [0.1, 0.15) is 5.75 Å². The average molecular weight is 487 g/mol. The maximum Gasteiger partial charge on any atom is 0.343 e. The van der Waals surface area contributed by atoms with Crippen molar-refractivity contribution in [2.75, 3.05) is 13.7 Å². The molecule has 0 saturated heterocycles. The fourth-order valence-electron chi connectivity index (χ4n) is 2.73. The lowest BCUT2D eigenvalue weighted by molar-refractivity contribution is 0.0729. The van der Waals surface area contributed by atoms with E-state index < -0.39 is 5.97 Å². The lowest BCUT2D eigenvalue weighted by Crippen LogP contribution is -2.17. The molecule has 0 atom stereocenters. The zero-order chi connectivity index (χ0) is 23.8. The second kappa shape index (κ2) is 11.4. The Morgan fingerprint density at radius 1 is 0.939 bits per heavy atom. The number of rotatable bonds is 8. The summed E-state index contributed by atoms with van der Waals surface area (Å²) in [4.78, 5) is 24.6. The number of methoxy groups -OCH3 is 1. The van der Waals surface area contributed by atoms with Crippen molar-refractivity contribution in [3.8, 4) is 17.2 Å². The van der Waals surface area contributed by atoms with Gasteiger partial charge >= 0.3 is 5.97 Å². The molecule has 0 bridgehead atoms. The molecule has 0 aliphatic heterocycles. The topological polar surface area (TPSA) is 86.2 Å². The lowest BCUT2D eigenvalue weighted by Gasteiger charge is -2.10. The molecule has 0 unspecified atom stereocenters. The van der Waals surface area contributed by atoms with Gasteiger partial charge in [0.05, 0.1) is 35.5 Å². The number of halogens is 2. The van der Waals surface area contributed by atoms with E-state index in [0.29, 0.717) is 34.3 Å². The van der Waals surface area contributed by atoms with Crippen LogP contribution in [0.2, 0.25) is 10.0 Å². The van der Waals surface area contributed by atoms with Crippen molar-refractivity contribution in [2.24, 2.45) is 5.10 Å². The van der Waals surface area contributed by atoms with Gasteiger partial charge in [0.15, 0.2) is 11.5 Å². The summed E-state index contributed by atoms with van der Waals surface area (Å²) >= 11 is 11.8. The molecular formula is C24H20Cl2N2O5. The van der Waals surface area contributed by atoms with E-state index >= 15 is 0 Å². The van der Waals surface area contributed by atoms with Crippen LogP contribution >= 0.6 is 23.2 Å². The highest BCUT2D eigenvalue weighted by atomic mass is 35.5. The Morgan fingerprint density at radius 2 is 1.67 bits per heavy atom. The summed E-state index contributed by atoms with van der Waals surface area (Å²) in [5, 5.41) is 4.55. The van der Waals surface area contributed by atoms with E-state index in [-0.39, 0.29) is 22.2 Å². The number of benzene rings is 3. The summed E-state index contributed by atoms with van der Waals surface area (Å²) in [5.74, 6) is 0.225. The van der Waals surface area contributed by atoms with Crippen LogP contribution in [-0.2, 0) is 0 Å². The van der Waals surface area contributed by atoms with Crippen LogP contribution in [0.5, 0.6) is 17.2 Å². The maximum absolute atomic E-state index is 12.4. The molecule has 33 heavy (non-hydrogen) atoms. The molecule has 0 spiro atoms. The molecule has 0 aliphatic carbocycles. The number of hydrogen-bond acceptors (Lipinski definition) is 6. The normalized spacial score (nSPS) is 10.7.